The molecule has 0 fully saturated rings. The molecule has 0 unspecified atom stereocenters. The number of hydrogen-bond acceptors (Lipinski definition) is 3. The summed E-state index contributed by atoms with van der Waals surface area (Å²) in [5.41, 5.74) is 0. The molecule has 0 heterocycles. The first kappa shape index (κ1) is 21.3. The predicted molar refractivity (Wildman–Crippen MR) is 66.1 cm³/mol. The lowest BCUT2D eigenvalue weighted by atomic mass is 10.7. The Morgan fingerprint density at radius 3 is 0.933 bits per heavy atom. The maximum atomic E-state index is 7.56. The molecule has 0 aromatic carbocycles. The van der Waals surface area contributed by atoms with Crippen LogP contribution >= 0.6 is 13.4 Å². The highest BCUT2D eigenvalue weighted by Crippen LogP contribution is 2.26. The molecule has 7 nitrogen and oxygen atoms in total. The third kappa shape index (κ3) is 279. The van der Waals surface area contributed by atoms with Crippen molar-refractivity contribution in [3.8, 4) is 0 Å². The molecule has 0 amide bonds. The van der Waals surface area contributed by atoms with Gasteiger partial charge in [0.1, 0.15) is 0 Å². The molecule has 96 valence electrons. The summed E-state index contributed by atoms with van der Waals surface area (Å²) in [5.74, 6) is 0. The second-order valence-electron chi connectivity index (χ2n) is 1.98. The van der Waals surface area contributed by atoms with Gasteiger partial charge in [-0.2, -0.15) is 0 Å². The Morgan fingerprint density at radius 1 is 0.800 bits per heavy atom. The lowest BCUT2D eigenvalue weighted by Gasteiger charge is -1.88. The van der Waals surface area contributed by atoms with E-state index in [1.54, 1.807) is 0 Å². The first-order valence-corrected chi connectivity index (χ1v) is 9.01. The summed E-state index contributed by atoms with van der Waals surface area (Å²) in [6, 6.07) is 0. The van der Waals surface area contributed by atoms with Gasteiger partial charge in [0.15, 0.2) is 0 Å². The van der Waals surface area contributed by atoms with E-state index >= 15 is 0 Å². The molecule has 0 saturated carbocycles. The Kier molecular flexibility index (Phi) is 16.4. The van der Waals surface area contributed by atoms with Gasteiger partial charge < -0.3 is 34.7 Å². The van der Waals surface area contributed by atoms with E-state index in [4.69, 9.17) is 29.4 Å². The van der Waals surface area contributed by atoms with E-state index < -0.39 is 13.4 Å². The van der Waals surface area contributed by atoms with Gasteiger partial charge in [-0.1, -0.05) is 13.8 Å². The van der Waals surface area contributed by atoms with E-state index in [2.05, 4.69) is 42.8 Å². The minimum atomic E-state index is -3.81. The molecule has 0 atom stereocenters. The lowest BCUT2D eigenvalue weighted by molar-refractivity contribution is 0.361. The zero-order chi connectivity index (χ0) is 13.1. The van der Waals surface area contributed by atoms with Gasteiger partial charge in [0, 0.05) is 0 Å². The van der Waals surface area contributed by atoms with E-state index in [0.717, 1.165) is 13.1 Å². The highest BCUT2D eigenvalue weighted by atomic mass is 32.5. The monoisotopic (exact) mass is 301 g/mol. The summed E-state index contributed by atoms with van der Waals surface area (Å²) in [6.07, 6.45) is 0. The first-order chi connectivity index (χ1) is 6.41. The molecular weight excluding hydrogens is 284 g/mol. The van der Waals surface area contributed by atoms with Crippen molar-refractivity contribution < 1.29 is 29.4 Å². The van der Waals surface area contributed by atoms with Crippen molar-refractivity contribution in [3.63, 3.8) is 0 Å². The molecule has 0 aromatic heterocycles. The van der Waals surface area contributed by atoms with Crippen molar-refractivity contribution in [1.82, 2.24) is 5.32 Å². The SMILES string of the molecule is CCNCC.OP(O)(O)=S.OP(O)(O)=S. The third-order valence-electron chi connectivity index (χ3n) is 0.500. The standard InChI is InChI=1S/C4H11N.2H3O3PS/c1-3-5-4-2;2*1-4(2,3)5/h5H,3-4H2,1-2H3;2*(H3,1,2,3,5). The minimum absolute atomic E-state index is 1.09. The maximum Gasteiger partial charge on any atom is 0.319 e. The highest BCUT2D eigenvalue weighted by Gasteiger charge is 1.92. The summed E-state index contributed by atoms with van der Waals surface area (Å²) in [7, 11) is 0. The van der Waals surface area contributed by atoms with Crippen LogP contribution in [0, 0.1) is 0 Å². The van der Waals surface area contributed by atoms with Crippen LogP contribution in [0.2, 0.25) is 0 Å². The smallest absolute Gasteiger partial charge is 0.319 e. The molecule has 0 bridgehead atoms. The summed E-state index contributed by atoms with van der Waals surface area (Å²) in [4.78, 5) is 45.3. The first-order valence-electron chi connectivity index (χ1n) is 3.69. The third-order valence-corrected chi connectivity index (χ3v) is 0.500. The molecule has 0 rings (SSSR count). The summed E-state index contributed by atoms with van der Waals surface area (Å²) >= 11 is 7.21. The molecule has 0 saturated heterocycles. The number of hydrogen-bond donors (Lipinski definition) is 7. The van der Waals surface area contributed by atoms with Gasteiger partial charge in [-0.05, 0) is 36.7 Å². The van der Waals surface area contributed by atoms with Gasteiger partial charge in [-0.25, -0.2) is 0 Å². The van der Waals surface area contributed by atoms with Crippen LogP contribution in [0.5, 0.6) is 0 Å². The minimum Gasteiger partial charge on any atom is -0.325 e. The van der Waals surface area contributed by atoms with E-state index in [1.165, 1.54) is 0 Å². The number of nitrogens with one attached hydrogen (secondary N) is 1. The lowest BCUT2D eigenvalue weighted by Crippen LogP contribution is -2.09. The Hall–Kier alpha value is 1.02. The molecule has 0 aromatic rings. The van der Waals surface area contributed by atoms with Crippen LogP contribution < -0.4 is 5.32 Å². The van der Waals surface area contributed by atoms with Crippen molar-refractivity contribution >= 4 is 37.1 Å². The average Bonchev–Trinajstić information content (AvgIpc) is 1.80. The van der Waals surface area contributed by atoms with Crippen molar-refractivity contribution in [1.29, 1.82) is 0 Å². The fourth-order valence-corrected chi connectivity index (χ4v) is 0.250. The molecule has 0 radical (unpaired) electrons. The van der Waals surface area contributed by atoms with Crippen molar-refractivity contribution in [2.45, 2.75) is 13.8 Å². The predicted octanol–water partition coefficient (Wildman–Crippen LogP) is -1.01. The zero-order valence-corrected chi connectivity index (χ0v) is 11.7. The molecule has 7 N–H and O–H groups in total. The van der Waals surface area contributed by atoms with Crippen LogP contribution in [0.3, 0.4) is 0 Å². The normalized spacial score (nSPS) is 10.7. The van der Waals surface area contributed by atoms with Gasteiger partial charge in [-0.3, -0.25) is 0 Å². The summed E-state index contributed by atoms with van der Waals surface area (Å²) in [5, 5.41) is 3.11. The molecule has 0 aliphatic rings. The van der Waals surface area contributed by atoms with Crippen LogP contribution in [0.25, 0.3) is 0 Å². The highest BCUT2D eigenvalue weighted by molar-refractivity contribution is 8.06. The van der Waals surface area contributed by atoms with E-state index in [-0.39, 0.29) is 0 Å². The quantitative estimate of drug-likeness (QED) is 0.320. The van der Waals surface area contributed by atoms with Crippen LogP contribution in [0.1, 0.15) is 13.8 Å². The van der Waals surface area contributed by atoms with Crippen molar-refractivity contribution in [2.24, 2.45) is 0 Å². The maximum absolute atomic E-state index is 7.56. The van der Waals surface area contributed by atoms with Crippen molar-refractivity contribution in [3.05, 3.63) is 0 Å². The molecule has 0 spiro atoms. The van der Waals surface area contributed by atoms with Gasteiger partial charge in [0.25, 0.3) is 0 Å². The Labute approximate surface area is 98.9 Å². The number of rotatable bonds is 2. The van der Waals surface area contributed by atoms with E-state index in [9.17, 15) is 0 Å². The molecule has 11 heteroatoms. The Morgan fingerprint density at radius 2 is 0.933 bits per heavy atom. The molecule has 0 aliphatic carbocycles. The van der Waals surface area contributed by atoms with Gasteiger partial charge in [-0.15, -0.1) is 0 Å². The van der Waals surface area contributed by atoms with Crippen LogP contribution in [-0.4, -0.2) is 42.4 Å². The molecular formula is C4H17NO6P2S2. The zero-order valence-electron chi connectivity index (χ0n) is 8.31. The van der Waals surface area contributed by atoms with Crippen LogP contribution in [-0.2, 0) is 23.6 Å². The van der Waals surface area contributed by atoms with Gasteiger partial charge in [0.05, 0.1) is 0 Å². The Bertz CT molecular complexity index is 177. The van der Waals surface area contributed by atoms with E-state index in [0.29, 0.717) is 0 Å². The topological polar surface area (TPSA) is 133 Å². The largest absolute Gasteiger partial charge is 0.325 e. The van der Waals surface area contributed by atoms with Gasteiger partial charge in [0.2, 0.25) is 0 Å². The molecule has 0 aliphatic heterocycles. The fourth-order valence-electron chi connectivity index (χ4n) is 0.250. The second-order valence-corrected chi connectivity index (χ2v) is 6.98. The summed E-state index contributed by atoms with van der Waals surface area (Å²) < 4.78 is 0. The molecule has 15 heavy (non-hydrogen) atoms. The fraction of sp³-hybridized carbons (Fsp3) is 1.00. The summed E-state index contributed by atoms with van der Waals surface area (Å²) in [6.45, 7) is -1.22. The average molecular weight is 301 g/mol. The van der Waals surface area contributed by atoms with E-state index in [1.807, 2.05) is 0 Å². The van der Waals surface area contributed by atoms with Crippen molar-refractivity contribution in [2.75, 3.05) is 13.1 Å². The second kappa shape index (κ2) is 11.5. The van der Waals surface area contributed by atoms with Crippen LogP contribution in [0.4, 0.5) is 0 Å². The van der Waals surface area contributed by atoms with Crippen LogP contribution in [0.15, 0.2) is 0 Å². The van der Waals surface area contributed by atoms with Gasteiger partial charge >= 0.3 is 13.4 Å². The Balaban J connectivity index is -0.000000144.